The number of rotatable bonds is 3. The Morgan fingerprint density at radius 3 is 2.38 bits per heavy atom. The smallest absolute Gasteiger partial charge is 0.122 e. The van der Waals surface area contributed by atoms with Gasteiger partial charge in [-0.2, -0.15) is 5.10 Å². The summed E-state index contributed by atoms with van der Waals surface area (Å²) >= 11 is 0. The molecular formula is C9H17N3O. The quantitative estimate of drug-likeness (QED) is 0.713. The van der Waals surface area contributed by atoms with Gasteiger partial charge >= 0.3 is 0 Å². The molecule has 0 aromatic carbocycles. The number of ether oxygens (including phenoxy) is 1. The Balaban J connectivity index is 2.70. The lowest BCUT2D eigenvalue weighted by atomic mass is 9.98. The monoisotopic (exact) mass is 183 g/mol. The highest BCUT2D eigenvalue weighted by molar-refractivity contribution is 5.95. The molecule has 1 rings (SSSR count). The van der Waals surface area contributed by atoms with Gasteiger partial charge < -0.3 is 10.5 Å². The third-order valence-corrected chi connectivity index (χ3v) is 2.13. The maximum absolute atomic E-state index is 5.52. The maximum atomic E-state index is 5.52. The SMILES string of the molecule is COC(C1=NN=C(N)CC1)C(C)C. The lowest BCUT2D eigenvalue weighted by Crippen LogP contribution is -2.31. The summed E-state index contributed by atoms with van der Waals surface area (Å²) in [5.74, 6) is 1.04. The van der Waals surface area contributed by atoms with Crippen molar-refractivity contribution < 1.29 is 4.74 Å². The second-order valence-corrected chi connectivity index (χ2v) is 3.58. The van der Waals surface area contributed by atoms with E-state index in [2.05, 4.69) is 24.1 Å². The zero-order valence-corrected chi connectivity index (χ0v) is 8.45. The van der Waals surface area contributed by atoms with E-state index in [9.17, 15) is 0 Å². The first-order chi connectivity index (χ1) is 6.15. The van der Waals surface area contributed by atoms with Gasteiger partial charge in [0.1, 0.15) is 5.84 Å². The summed E-state index contributed by atoms with van der Waals surface area (Å²) in [5.41, 5.74) is 6.52. The topological polar surface area (TPSA) is 60.0 Å². The molecule has 2 N–H and O–H groups in total. The van der Waals surface area contributed by atoms with Crippen LogP contribution in [0.5, 0.6) is 0 Å². The van der Waals surface area contributed by atoms with Crippen molar-refractivity contribution in [2.24, 2.45) is 21.9 Å². The molecule has 13 heavy (non-hydrogen) atoms. The molecule has 0 amide bonds. The standard InChI is InChI=1S/C9H17N3O/c1-6(2)9(13-3)7-4-5-8(10)12-11-7/h6,9H,4-5H2,1-3H3,(H2,10,12). The Morgan fingerprint density at radius 2 is 2.00 bits per heavy atom. The fourth-order valence-electron chi connectivity index (χ4n) is 1.48. The molecule has 1 atom stereocenters. The lowest BCUT2D eigenvalue weighted by molar-refractivity contribution is 0.116. The Labute approximate surface area is 78.9 Å². The first-order valence-corrected chi connectivity index (χ1v) is 4.56. The Kier molecular flexibility index (Phi) is 3.42. The average molecular weight is 183 g/mol. The molecule has 4 nitrogen and oxygen atoms in total. The van der Waals surface area contributed by atoms with Crippen molar-refractivity contribution in [1.82, 2.24) is 0 Å². The summed E-state index contributed by atoms with van der Waals surface area (Å²) in [7, 11) is 1.70. The van der Waals surface area contributed by atoms with Crippen LogP contribution in [0, 0.1) is 5.92 Å². The molecule has 1 heterocycles. The molecule has 0 aliphatic carbocycles. The molecule has 0 aromatic rings. The van der Waals surface area contributed by atoms with Crippen molar-refractivity contribution in [2.45, 2.75) is 32.8 Å². The van der Waals surface area contributed by atoms with Crippen LogP contribution in [-0.2, 0) is 4.74 Å². The van der Waals surface area contributed by atoms with Crippen molar-refractivity contribution in [3.8, 4) is 0 Å². The fourth-order valence-corrected chi connectivity index (χ4v) is 1.48. The average Bonchev–Trinajstić information content (AvgIpc) is 2.09. The van der Waals surface area contributed by atoms with Gasteiger partial charge in [-0.25, -0.2) is 0 Å². The summed E-state index contributed by atoms with van der Waals surface area (Å²) in [6.07, 6.45) is 1.74. The molecular weight excluding hydrogens is 166 g/mol. The number of amidine groups is 1. The number of hydrogen-bond donors (Lipinski definition) is 1. The summed E-state index contributed by atoms with van der Waals surface area (Å²) in [6.45, 7) is 4.22. The van der Waals surface area contributed by atoms with Crippen LogP contribution in [0.3, 0.4) is 0 Å². The molecule has 0 saturated heterocycles. The van der Waals surface area contributed by atoms with Gasteiger partial charge in [0, 0.05) is 13.5 Å². The van der Waals surface area contributed by atoms with E-state index in [0.717, 1.165) is 18.6 Å². The van der Waals surface area contributed by atoms with E-state index in [1.165, 1.54) is 0 Å². The van der Waals surface area contributed by atoms with Crippen molar-refractivity contribution in [3.05, 3.63) is 0 Å². The van der Waals surface area contributed by atoms with E-state index in [-0.39, 0.29) is 6.10 Å². The van der Waals surface area contributed by atoms with Crippen LogP contribution in [-0.4, -0.2) is 24.8 Å². The Morgan fingerprint density at radius 1 is 1.31 bits per heavy atom. The highest BCUT2D eigenvalue weighted by Crippen LogP contribution is 2.14. The van der Waals surface area contributed by atoms with E-state index >= 15 is 0 Å². The van der Waals surface area contributed by atoms with Gasteiger partial charge in [0.15, 0.2) is 0 Å². The van der Waals surface area contributed by atoms with Crippen molar-refractivity contribution >= 4 is 11.5 Å². The van der Waals surface area contributed by atoms with Gasteiger partial charge in [-0.1, -0.05) is 13.8 Å². The second kappa shape index (κ2) is 4.37. The minimum absolute atomic E-state index is 0.0804. The summed E-state index contributed by atoms with van der Waals surface area (Å²) in [4.78, 5) is 0. The van der Waals surface area contributed by atoms with Gasteiger partial charge in [-0.05, 0) is 12.3 Å². The predicted octanol–water partition coefficient (Wildman–Crippen LogP) is 1.16. The van der Waals surface area contributed by atoms with Gasteiger partial charge in [0.2, 0.25) is 0 Å². The van der Waals surface area contributed by atoms with Gasteiger partial charge in [-0.3, -0.25) is 0 Å². The van der Waals surface area contributed by atoms with E-state index in [1.54, 1.807) is 7.11 Å². The molecule has 1 unspecified atom stereocenters. The van der Waals surface area contributed by atoms with Crippen molar-refractivity contribution in [3.63, 3.8) is 0 Å². The number of nitrogens with two attached hydrogens (primary N) is 1. The van der Waals surface area contributed by atoms with Crippen molar-refractivity contribution in [1.29, 1.82) is 0 Å². The van der Waals surface area contributed by atoms with Crippen LogP contribution < -0.4 is 5.73 Å². The summed E-state index contributed by atoms with van der Waals surface area (Å²) in [5, 5.41) is 7.92. The van der Waals surface area contributed by atoms with Gasteiger partial charge in [-0.15, -0.1) is 5.10 Å². The zero-order chi connectivity index (χ0) is 9.84. The molecule has 1 aliphatic heterocycles. The van der Waals surface area contributed by atoms with Gasteiger partial charge in [0.25, 0.3) is 0 Å². The predicted molar refractivity (Wildman–Crippen MR) is 53.9 cm³/mol. The molecule has 0 saturated carbocycles. The van der Waals surface area contributed by atoms with Crippen LogP contribution in [0.25, 0.3) is 0 Å². The third-order valence-electron chi connectivity index (χ3n) is 2.13. The van der Waals surface area contributed by atoms with Crippen LogP contribution in [0.15, 0.2) is 10.2 Å². The summed E-state index contributed by atoms with van der Waals surface area (Å²) < 4.78 is 5.35. The number of hydrogen-bond acceptors (Lipinski definition) is 4. The van der Waals surface area contributed by atoms with E-state index in [1.807, 2.05) is 0 Å². The number of methoxy groups -OCH3 is 1. The Bertz CT molecular complexity index is 233. The fraction of sp³-hybridized carbons (Fsp3) is 0.778. The summed E-state index contributed by atoms with van der Waals surface area (Å²) in [6, 6.07) is 0. The van der Waals surface area contributed by atoms with E-state index < -0.39 is 0 Å². The molecule has 0 radical (unpaired) electrons. The highest BCUT2D eigenvalue weighted by Gasteiger charge is 2.21. The molecule has 0 bridgehead atoms. The first kappa shape index (κ1) is 10.2. The normalized spacial score (nSPS) is 19.7. The molecule has 74 valence electrons. The number of nitrogens with zero attached hydrogens (tertiary/aromatic N) is 2. The van der Waals surface area contributed by atoms with E-state index in [4.69, 9.17) is 10.5 Å². The second-order valence-electron chi connectivity index (χ2n) is 3.58. The van der Waals surface area contributed by atoms with Crippen molar-refractivity contribution in [2.75, 3.05) is 7.11 Å². The first-order valence-electron chi connectivity index (χ1n) is 4.56. The molecule has 0 fully saturated rings. The van der Waals surface area contributed by atoms with Crippen LogP contribution in [0.2, 0.25) is 0 Å². The van der Waals surface area contributed by atoms with Gasteiger partial charge in [0.05, 0.1) is 11.8 Å². The minimum Gasteiger partial charge on any atom is -0.386 e. The van der Waals surface area contributed by atoms with Crippen LogP contribution in [0.1, 0.15) is 26.7 Å². The molecule has 1 aliphatic rings. The highest BCUT2D eigenvalue weighted by atomic mass is 16.5. The molecule has 4 heteroatoms. The van der Waals surface area contributed by atoms with E-state index in [0.29, 0.717) is 11.8 Å². The Hall–Kier alpha value is -0.900. The molecule has 0 aromatic heterocycles. The maximum Gasteiger partial charge on any atom is 0.122 e. The largest absolute Gasteiger partial charge is 0.386 e. The third kappa shape index (κ3) is 2.52. The molecule has 0 spiro atoms. The lowest BCUT2D eigenvalue weighted by Gasteiger charge is -2.22. The van der Waals surface area contributed by atoms with Crippen LogP contribution >= 0.6 is 0 Å². The minimum atomic E-state index is 0.0804. The van der Waals surface area contributed by atoms with Crippen LogP contribution in [0.4, 0.5) is 0 Å². The zero-order valence-electron chi connectivity index (χ0n) is 8.45.